The summed E-state index contributed by atoms with van der Waals surface area (Å²) in [6.45, 7) is 0. The highest BCUT2D eigenvalue weighted by Crippen LogP contribution is 2.12. The number of phenolic OH excluding ortho intramolecular Hbond substituents is 2. The Kier molecular flexibility index (Phi) is 4.34. The Morgan fingerprint density at radius 3 is 2.50 bits per heavy atom. The lowest BCUT2D eigenvalue weighted by atomic mass is 10.1. The monoisotopic (exact) mass is 270 g/mol. The summed E-state index contributed by atoms with van der Waals surface area (Å²) in [5.74, 6) is -0.0156. The standard InChI is InChI=1S/C15H14N2O3/c18-13-7-5-11(6-8-13)9-15(20)17-16-10-12-3-1-2-4-14(12)19/h1-8,10,18-19H,9H2,(H,17,20)/b16-10-. The minimum Gasteiger partial charge on any atom is -0.508 e. The number of hydrazone groups is 1. The molecule has 0 bridgehead atoms. The van der Waals surface area contributed by atoms with Crippen LogP contribution in [0.15, 0.2) is 53.6 Å². The highest BCUT2D eigenvalue weighted by molar-refractivity contribution is 5.85. The number of aromatic hydroxyl groups is 2. The maximum absolute atomic E-state index is 11.6. The van der Waals surface area contributed by atoms with Crippen LogP contribution >= 0.6 is 0 Å². The highest BCUT2D eigenvalue weighted by atomic mass is 16.3. The molecule has 0 aliphatic carbocycles. The van der Waals surface area contributed by atoms with Crippen molar-refractivity contribution in [3.63, 3.8) is 0 Å². The Bertz CT molecular complexity index is 621. The van der Waals surface area contributed by atoms with E-state index in [1.54, 1.807) is 36.4 Å². The van der Waals surface area contributed by atoms with Crippen molar-refractivity contribution >= 4 is 12.1 Å². The molecule has 0 unspecified atom stereocenters. The van der Waals surface area contributed by atoms with E-state index in [9.17, 15) is 9.90 Å². The van der Waals surface area contributed by atoms with Gasteiger partial charge in [-0.3, -0.25) is 4.79 Å². The van der Waals surface area contributed by atoms with E-state index >= 15 is 0 Å². The van der Waals surface area contributed by atoms with E-state index < -0.39 is 0 Å². The number of hydrogen-bond donors (Lipinski definition) is 3. The molecule has 2 aromatic carbocycles. The van der Waals surface area contributed by atoms with Crippen molar-refractivity contribution in [1.82, 2.24) is 5.43 Å². The van der Waals surface area contributed by atoms with E-state index in [2.05, 4.69) is 10.5 Å². The molecular formula is C15H14N2O3. The predicted molar refractivity (Wildman–Crippen MR) is 75.7 cm³/mol. The van der Waals surface area contributed by atoms with E-state index in [-0.39, 0.29) is 23.8 Å². The average Bonchev–Trinajstić information content (AvgIpc) is 2.43. The Balaban J connectivity index is 1.89. The quantitative estimate of drug-likeness (QED) is 0.585. The van der Waals surface area contributed by atoms with Gasteiger partial charge in [0.2, 0.25) is 5.91 Å². The molecule has 3 N–H and O–H groups in total. The van der Waals surface area contributed by atoms with Crippen LogP contribution < -0.4 is 5.43 Å². The number of phenols is 2. The van der Waals surface area contributed by atoms with E-state index in [1.807, 2.05) is 0 Å². The fourth-order valence-electron chi connectivity index (χ4n) is 1.61. The Morgan fingerprint density at radius 2 is 1.80 bits per heavy atom. The van der Waals surface area contributed by atoms with Gasteiger partial charge < -0.3 is 10.2 Å². The van der Waals surface area contributed by atoms with Crippen LogP contribution in [0.4, 0.5) is 0 Å². The molecule has 0 aliphatic rings. The molecule has 5 heteroatoms. The zero-order valence-corrected chi connectivity index (χ0v) is 10.7. The Hall–Kier alpha value is -2.82. The van der Waals surface area contributed by atoms with Crippen LogP contribution in [-0.4, -0.2) is 22.3 Å². The Labute approximate surface area is 116 Å². The van der Waals surface area contributed by atoms with Crippen molar-refractivity contribution in [3.05, 3.63) is 59.7 Å². The number of rotatable bonds is 4. The third-order valence-electron chi connectivity index (χ3n) is 2.63. The molecule has 2 rings (SSSR count). The Morgan fingerprint density at radius 1 is 1.10 bits per heavy atom. The van der Waals surface area contributed by atoms with Crippen LogP contribution in [-0.2, 0) is 11.2 Å². The molecule has 1 amide bonds. The van der Waals surface area contributed by atoms with Gasteiger partial charge in [0, 0.05) is 5.56 Å². The van der Waals surface area contributed by atoms with Gasteiger partial charge in [0.15, 0.2) is 0 Å². The van der Waals surface area contributed by atoms with Crippen LogP contribution in [0.3, 0.4) is 0 Å². The number of carbonyl (C=O) groups is 1. The molecule has 0 radical (unpaired) electrons. The molecule has 102 valence electrons. The largest absolute Gasteiger partial charge is 0.508 e. The first kappa shape index (κ1) is 13.6. The first-order chi connectivity index (χ1) is 9.65. The van der Waals surface area contributed by atoms with Gasteiger partial charge in [0.1, 0.15) is 11.5 Å². The minimum atomic E-state index is -0.276. The van der Waals surface area contributed by atoms with Crippen molar-refractivity contribution in [1.29, 1.82) is 0 Å². The fraction of sp³-hybridized carbons (Fsp3) is 0.0667. The number of amides is 1. The molecule has 0 aliphatic heterocycles. The van der Waals surface area contributed by atoms with E-state index in [1.165, 1.54) is 18.3 Å². The summed E-state index contributed by atoms with van der Waals surface area (Å²) in [6, 6.07) is 13.1. The first-order valence-corrected chi connectivity index (χ1v) is 6.03. The lowest BCUT2D eigenvalue weighted by molar-refractivity contribution is -0.120. The molecule has 0 heterocycles. The van der Waals surface area contributed by atoms with Crippen LogP contribution in [0.1, 0.15) is 11.1 Å². The predicted octanol–water partition coefficient (Wildman–Crippen LogP) is 1.79. The van der Waals surface area contributed by atoms with Crippen molar-refractivity contribution in [3.8, 4) is 11.5 Å². The van der Waals surface area contributed by atoms with Gasteiger partial charge in [-0.15, -0.1) is 0 Å². The molecule has 0 atom stereocenters. The zero-order chi connectivity index (χ0) is 14.4. The van der Waals surface area contributed by atoms with Crippen LogP contribution in [0, 0.1) is 0 Å². The molecule has 0 saturated heterocycles. The number of benzene rings is 2. The third-order valence-corrected chi connectivity index (χ3v) is 2.63. The lowest BCUT2D eigenvalue weighted by Crippen LogP contribution is -2.19. The minimum absolute atomic E-state index is 0.101. The molecule has 20 heavy (non-hydrogen) atoms. The van der Waals surface area contributed by atoms with Gasteiger partial charge in [0.05, 0.1) is 12.6 Å². The second-order valence-electron chi connectivity index (χ2n) is 4.20. The maximum Gasteiger partial charge on any atom is 0.244 e. The van der Waals surface area contributed by atoms with E-state index in [0.717, 1.165) is 5.56 Å². The first-order valence-electron chi connectivity index (χ1n) is 6.03. The van der Waals surface area contributed by atoms with Crippen molar-refractivity contribution < 1.29 is 15.0 Å². The zero-order valence-electron chi connectivity index (χ0n) is 10.7. The van der Waals surface area contributed by atoms with Crippen molar-refractivity contribution in [2.45, 2.75) is 6.42 Å². The van der Waals surface area contributed by atoms with Gasteiger partial charge in [-0.1, -0.05) is 24.3 Å². The topological polar surface area (TPSA) is 81.9 Å². The third kappa shape index (κ3) is 3.84. The second-order valence-corrected chi connectivity index (χ2v) is 4.20. The number of carbonyl (C=O) groups excluding carboxylic acids is 1. The number of nitrogens with one attached hydrogen (secondary N) is 1. The summed E-state index contributed by atoms with van der Waals surface area (Å²) in [6.07, 6.45) is 1.54. The number of para-hydroxylation sites is 1. The number of nitrogens with zero attached hydrogens (tertiary/aromatic N) is 1. The highest BCUT2D eigenvalue weighted by Gasteiger charge is 2.02. The summed E-state index contributed by atoms with van der Waals surface area (Å²) in [5, 5.41) is 22.4. The van der Waals surface area contributed by atoms with Crippen molar-refractivity contribution in [2.24, 2.45) is 5.10 Å². The lowest BCUT2D eigenvalue weighted by Gasteiger charge is -2.01. The molecule has 0 spiro atoms. The fourth-order valence-corrected chi connectivity index (χ4v) is 1.61. The molecule has 0 fully saturated rings. The van der Waals surface area contributed by atoms with Crippen LogP contribution in [0.25, 0.3) is 0 Å². The second kappa shape index (κ2) is 6.38. The summed E-state index contributed by atoms with van der Waals surface area (Å²) < 4.78 is 0. The summed E-state index contributed by atoms with van der Waals surface area (Å²) in [7, 11) is 0. The van der Waals surface area contributed by atoms with Gasteiger partial charge in [-0.05, 0) is 29.8 Å². The number of hydrogen-bond acceptors (Lipinski definition) is 4. The normalized spacial score (nSPS) is 10.6. The van der Waals surface area contributed by atoms with Gasteiger partial charge in [-0.2, -0.15) is 5.10 Å². The van der Waals surface area contributed by atoms with Gasteiger partial charge in [-0.25, -0.2) is 5.43 Å². The average molecular weight is 270 g/mol. The van der Waals surface area contributed by atoms with Gasteiger partial charge in [0.25, 0.3) is 0 Å². The van der Waals surface area contributed by atoms with Crippen molar-refractivity contribution in [2.75, 3.05) is 0 Å². The maximum atomic E-state index is 11.6. The smallest absolute Gasteiger partial charge is 0.244 e. The summed E-state index contributed by atoms with van der Waals surface area (Å²) >= 11 is 0. The molecule has 0 saturated carbocycles. The SMILES string of the molecule is O=C(Cc1ccc(O)cc1)N/N=C\c1ccccc1O. The molecular weight excluding hydrogens is 256 g/mol. The van der Waals surface area contributed by atoms with Crippen LogP contribution in [0.5, 0.6) is 11.5 Å². The summed E-state index contributed by atoms with van der Waals surface area (Å²) in [5.41, 5.74) is 3.68. The van der Waals surface area contributed by atoms with E-state index in [4.69, 9.17) is 5.11 Å². The van der Waals surface area contributed by atoms with Crippen LogP contribution in [0.2, 0.25) is 0 Å². The van der Waals surface area contributed by atoms with E-state index in [0.29, 0.717) is 5.56 Å². The molecule has 0 aromatic heterocycles. The molecule has 2 aromatic rings. The van der Waals surface area contributed by atoms with Gasteiger partial charge >= 0.3 is 0 Å². The molecule has 5 nitrogen and oxygen atoms in total. The summed E-state index contributed by atoms with van der Waals surface area (Å²) in [4.78, 5) is 11.6.